The van der Waals surface area contributed by atoms with E-state index in [2.05, 4.69) is 0 Å². The summed E-state index contributed by atoms with van der Waals surface area (Å²) in [5, 5.41) is 0. The van der Waals surface area contributed by atoms with Crippen LogP contribution in [-0.4, -0.2) is 36.8 Å². The lowest BCUT2D eigenvalue weighted by molar-refractivity contribution is -0.144. The average Bonchev–Trinajstić information content (AvgIpc) is 2.00. The van der Waals surface area contributed by atoms with Crippen molar-refractivity contribution in [3.05, 3.63) is 0 Å². The summed E-state index contributed by atoms with van der Waals surface area (Å²) in [6, 6.07) is 0. The van der Waals surface area contributed by atoms with Gasteiger partial charge in [0, 0.05) is 12.1 Å². The van der Waals surface area contributed by atoms with E-state index >= 15 is 0 Å². The quantitative estimate of drug-likeness (QED) is 0.755. The van der Waals surface area contributed by atoms with E-state index in [9.17, 15) is 13.2 Å². The first-order valence-corrected chi connectivity index (χ1v) is 4.76. The van der Waals surface area contributed by atoms with Crippen LogP contribution in [0.25, 0.3) is 0 Å². The van der Waals surface area contributed by atoms with Crippen LogP contribution in [0.2, 0.25) is 0 Å². The van der Waals surface area contributed by atoms with Crippen LogP contribution in [0.3, 0.4) is 0 Å². The maximum absolute atomic E-state index is 12.0. The number of likely N-dealkylation sites (N-methyl/N-ethyl adjacent to an activating group) is 1. The van der Waals surface area contributed by atoms with Gasteiger partial charge in [0.25, 0.3) is 0 Å². The summed E-state index contributed by atoms with van der Waals surface area (Å²) in [6.07, 6.45) is -2.77. The molecule has 0 heterocycles. The number of nitrogens with two attached hydrogens (primary N) is 1. The van der Waals surface area contributed by atoms with Gasteiger partial charge in [0.05, 0.1) is 6.54 Å². The fourth-order valence-corrected chi connectivity index (χ4v) is 1.37. The predicted molar refractivity (Wildman–Crippen MR) is 51.1 cm³/mol. The van der Waals surface area contributed by atoms with Crippen molar-refractivity contribution >= 4 is 0 Å². The Morgan fingerprint density at radius 2 is 1.50 bits per heavy atom. The number of halogens is 3. The zero-order chi connectivity index (χ0) is 11.4. The Kier molecular flexibility index (Phi) is 4.88. The van der Waals surface area contributed by atoms with Crippen molar-refractivity contribution in [3.8, 4) is 0 Å². The van der Waals surface area contributed by atoms with Crippen LogP contribution in [0.15, 0.2) is 0 Å². The van der Waals surface area contributed by atoms with Gasteiger partial charge in [-0.05, 0) is 19.9 Å². The molecule has 0 aromatic rings. The molecule has 2 N–H and O–H groups in total. The zero-order valence-electron chi connectivity index (χ0n) is 8.99. The fourth-order valence-electron chi connectivity index (χ4n) is 1.37. The van der Waals surface area contributed by atoms with E-state index in [4.69, 9.17) is 5.73 Å². The van der Waals surface area contributed by atoms with Crippen molar-refractivity contribution < 1.29 is 13.2 Å². The molecule has 0 saturated carbocycles. The highest BCUT2D eigenvalue weighted by atomic mass is 19.4. The van der Waals surface area contributed by atoms with Crippen molar-refractivity contribution in [1.82, 2.24) is 4.90 Å². The van der Waals surface area contributed by atoms with Crippen molar-refractivity contribution in [2.45, 2.75) is 38.4 Å². The monoisotopic (exact) mass is 212 g/mol. The summed E-state index contributed by atoms with van der Waals surface area (Å²) in [6.45, 7) is 3.17. The van der Waals surface area contributed by atoms with Gasteiger partial charge < -0.3 is 5.73 Å². The SMILES string of the molecule is CCC(N)(CC)CN(C)CC(F)(F)F. The first-order valence-electron chi connectivity index (χ1n) is 4.76. The summed E-state index contributed by atoms with van der Waals surface area (Å²) >= 11 is 0. The minimum Gasteiger partial charge on any atom is -0.324 e. The van der Waals surface area contributed by atoms with E-state index in [0.717, 1.165) is 0 Å². The van der Waals surface area contributed by atoms with Crippen LogP contribution in [0, 0.1) is 0 Å². The zero-order valence-corrected chi connectivity index (χ0v) is 8.99. The molecule has 0 rings (SSSR count). The van der Waals surface area contributed by atoms with Gasteiger partial charge in [-0.25, -0.2) is 0 Å². The summed E-state index contributed by atoms with van der Waals surface area (Å²) in [4.78, 5) is 1.23. The van der Waals surface area contributed by atoms with Crippen LogP contribution in [0.1, 0.15) is 26.7 Å². The molecule has 0 aromatic heterocycles. The number of alkyl halides is 3. The second kappa shape index (κ2) is 4.98. The van der Waals surface area contributed by atoms with Crippen LogP contribution < -0.4 is 5.73 Å². The smallest absolute Gasteiger partial charge is 0.324 e. The molecule has 5 heteroatoms. The Bertz CT molecular complexity index is 164. The summed E-state index contributed by atoms with van der Waals surface area (Å²) < 4.78 is 36.0. The fraction of sp³-hybridized carbons (Fsp3) is 1.00. The van der Waals surface area contributed by atoms with Gasteiger partial charge in [-0.3, -0.25) is 4.90 Å². The number of rotatable bonds is 5. The molecule has 2 nitrogen and oxygen atoms in total. The molecule has 0 amide bonds. The summed E-state index contributed by atoms with van der Waals surface area (Å²) in [5.74, 6) is 0. The second-order valence-corrected chi connectivity index (χ2v) is 3.86. The molecule has 0 aliphatic carbocycles. The Balaban J connectivity index is 4.10. The van der Waals surface area contributed by atoms with E-state index in [1.807, 2.05) is 13.8 Å². The molecule has 14 heavy (non-hydrogen) atoms. The Hall–Kier alpha value is -0.290. The molecular weight excluding hydrogens is 193 g/mol. The van der Waals surface area contributed by atoms with Gasteiger partial charge in [-0.1, -0.05) is 13.8 Å². The first kappa shape index (κ1) is 13.7. The molecule has 0 spiro atoms. The topological polar surface area (TPSA) is 29.3 Å². The van der Waals surface area contributed by atoms with Crippen LogP contribution in [0.4, 0.5) is 13.2 Å². The average molecular weight is 212 g/mol. The number of hydrogen-bond donors (Lipinski definition) is 1. The van der Waals surface area contributed by atoms with E-state index < -0.39 is 18.3 Å². The summed E-state index contributed by atoms with van der Waals surface area (Å²) in [5.41, 5.74) is 5.41. The molecule has 86 valence electrons. The molecule has 0 bridgehead atoms. The van der Waals surface area contributed by atoms with Crippen molar-refractivity contribution in [1.29, 1.82) is 0 Å². The molecule has 0 unspecified atom stereocenters. The largest absolute Gasteiger partial charge is 0.401 e. The highest BCUT2D eigenvalue weighted by molar-refractivity contribution is 4.84. The first-order chi connectivity index (χ1) is 6.22. The van der Waals surface area contributed by atoms with Gasteiger partial charge in [0.2, 0.25) is 0 Å². The van der Waals surface area contributed by atoms with Gasteiger partial charge in [0.1, 0.15) is 0 Å². The summed E-state index contributed by atoms with van der Waals surface area (Å²) in [7, 11) is 1.44. The third kappa shape index (κ3) is 5.44. The van der Waals surface area contributed by atoms with Crippen LogP contribution >= 0.6 is 0 Å². The third-order valence-electron chi connectivity index (χ3n) is 2.44. The molecule has 0 radical (unpaired) electrons. The molecule has 0 aliphatic rings. The normalized spacial score (nSPS) is 13.7. The third-order valence-corrected chi connectivity index (χ3v) is 2.44. The molecule has 0 fully saturated rings. The molecule has 0 atom stereocenters. The second-order valence-electron chi connectivity index (χ2n) is 3.86. The molecule has 0 aromatic carbocycles. The lowest BCUT2D eigenvalue weighted by Gasteiger charge is -2.32. The minimum atomic E-state index is -4.14. The van der Waals surface area contributed by atoms with Gasteiger partial charge in [0.15, 0.2) is 0 Å². The lowest BCUT2D eigenvalue weighted by atomic mass is 9.94. The van der Waals surface area contributed by atoms with E-state index in [0.29, 0.717) is 12.8 Å². The molecule has 0 saturated heterocycles. The van der Waals surface area contributed by atoms with Gasteiger partial charge in [-0.2, -0.15) is 13.2 Å². The van der Waals surface area contributed by atoms with Gasteiger partial charge in [-0.15, -0.1) is 0 Å². The van der Waals surface area contributed by atoms with Crippen LogP contribution in [-0.2, 0) is 0 Å². The molecular formula is C9H19F3N2. The highest BCUT2D eigenvalue weighted by Crippen LogP contribution is 2.18. The van der Waals surface area contributed by atoms with E-state index in [-0.39, 0.29) is 6.54 Å². The standard InChI is InChI=1S/C9H19F3N2/c1-4-8(13,5-2)6-14(3)7-9(10,11)12/h4-7,13H2,1-3H3. The van der Waals surface area contributed by atoms with Crippen molar-refractivity contribution in [3.63, 3.8) is 0 Å². The maximum Gasteiger partial charge on any atom is 0.401 e. The van der Waals surface area contributed by atoms with Crippen LogP contribution in [0.5, 0.6) is 0 Å². The minimum absolute atomic E-state index is 0.277. The Morgan fingerprint density at radius 3 is 1.79 bits per heavy atom. The Morgan fingerprint density at radius 1 is 1.07 bits per heavy atom. The van der Waals surface area contributed by atoms with Crippen molar-refractivity contribution in [2.75, 3.05) is 20.1 Å². The lowest BCUT2D eigenvalue weighted by Crippen LogP contribution is -2.50. The Labute approximate surface area is 83.3 Å². The highest BCUT2D eigenvalue weighted by Gasteiger charge is 2.32. The number of nitrogens with zero attached hydrogens (tertiary/aromatic N) is 1. The number of hydrogen-bond acceptors (Lipinski definition) is 2. The maximum atomic E-state index is 12.0. The van der Waals surface area contributed by atoms with E-state index in [1.165, 1.54) is 11.9 Å². The molecule has 0 aliphatic heterocycles. The predicted octanol–water partition coefficient (Wildman–Crippen LogP) is 2.00. The van der Waals surface area contributed by atoms with E-state index in [1.54, 1.807) is 0 Å². The van der Waals surface area contributed by atoms with Crippen molar-refractivity contribution in [2.24, 2.45) is 5.73 Å². The van der Waals surface area contributed by atoms with Gasteiger partial charge >= 0.3 is 6.18 Å².